The highest BCUT2D eigenvalue weighted by atomic mass is 32.2. The monoisotopic (exact) mass is 297 g/mol. The SMILES string of the molecule is CNCC1CCCN1c1ccccc1S(=O)(=O)N(C)C. The summed E-state index contributed by atoms with van der Waals surface area (Å²) >= 11 is 0. The summed E-state index contributed by atoms with van der Waals surface area (Å²) in [6, 6.07) is 7.64. The molecule has 1 N–H and O–H groups in total. The molecule has 0 saturated carbocycles. The van der Waals surface area contributed by atoms with Crippen LogP contribution in [0.2, 0.25) is 0 Å². The van der Waals surface area contributed by atoms with Gasteiger partial charge >= 0.3 is 0 Å². The fraction of sp³-hybridized carbons (Fsp3) is 0.571. The molecule has 0 aliphatic carbocycles. The number of likely N-dealkylation sites (N-methyl/N-ethyl adjacent to an activating group) is 1. The van der Waals surface area contributed by atoms with Gasteiger partial charge in [-0.2, -0.15) is 0 Å². The molecular formula is C14H23N3O2S. The van der Waals surface area contributed by atoms with Crippen LogP contribution in [0.4, 0.5) is 5.69 Å². The van der Waals surface area contributed by atoms with Crippen LogP contribution in [0.5, 0.6) is 0 Å². The average Bonchev–Trinajstić information content (AvgIpc) is 2.87. The Morgan fingerprint density at radius 2 is 2.05 bits per heavy atom. The van der Waals surface area contributed by atoms with Crippen molar-refractivity contribution in [1.29, 1.82) is 0 Å². The van der Waals surface area contributed by atoms with E-state index >= 15 is 0 Å². The van der Waals surface area contributed by atoms with Gasteiger partial charge in [-0.1, -0.05) is 12.1 Å². The van der Waals surface area contributed by atoms with Gasteiger partial charge in [0, 0.05) is 33.2 Å². The highest BCUT2D eigenvalue weighted by Crippen LogP contribution is 2.32. The van der Waals surface area contributed by atoms with Crippen molar-refractivity contribution in [3.8, 4) is 0 Å². The molecule has 1 aliphatic rings. The zero-order valence-corrected chi connectivity index (χ0v) is 13.2. The van der Waals surface area contributed by atoms with Gasteiger partial charge in [0.2, 0.25) is 10.0 Å². The number of sulfonamides is 1. The third-order valence-electron chi connectivity index (χ3n) is 3.75. The standard InChI is InChI=1S/C14H23N3O2S/c1-15-11-12-7-6-10-17(12)13-8-4-5-9-14(13)20(18,19)16(2)3/h4-5,8-9,12,15H,6-7,10-11H2,1-3H3. The van der Waals surface area contributed by atoms with Gasteiger partial charge in [-0.3, -0.25) is 0 Å². The second kappa shape index (κ2) is 6.11. The van der Waals surface area contributed by atoms with Gasteiger partial charge in [-0.05, 0) is 32.0 Å². The first-order chi connectivity index (χ1) is 9.48. The summed E-state index contributed by atoms with van der Waals surface area (Å²) in [7, 11) is 1.66. The highest BCUT2D eigenvalue weighted by Gasteiger charge is 2.29. The van der Waals surface area contributed by atoms with E-state index in [0.29, 0.717) is 10.9 Å². The number of anilines is 1. The average molecular weight is 297 g/mol. The molecule has 0 bridgehead atoms. The predicted octanol–water partition coefficient (Wildman–Crippen LogP) is 1.13. The highest BCUT2D eigenvalue weighted by molar-refractivity contribution is 7.89. The molecule has 0 spiro atoms. The quantitative estimate of drug-likeness (QED) is 0.885. The van der Waals surface area contributed by atoms with E-state index in [1.54, 1.807) is 26.2 Å². The molecular weight excluding hydrogens is 274 g/mol. The van der Waals surface area contributed by atoms with E-state index in [4.69, 9.17) is 0 Å². The molecule has 0 radical (unpaired) electrons. The molecule has 5 nitrogen and oxygen atoms in total. The Balaban J connectivity index is 2.43. The van der Waals surface area contributed by atoms with Crippen molar-refractivity contribution in [1.82, 2.24) is 9.62 Å². The topological polar surface area (TPSA) is 52.7 Å². The smallest absolute Gasteiger partial charge is 0.244 e. The van der Waals surface area contributed by atoms with E-state index in [1.165, 1.54) is 4.31 Å². The van der Waals surface area contributed by atoms with E-state index in [0.717, 1.165) is 31.6 Å². The number of benzene rings is 1. The van der Waals surface area contributed by atoms with Crippen molar-refractivity contribution >= 4 is 15.7 Å². The summed E-state index contributed by atoms with van der Waals surface area (Å²) in [6.45, 7) is 1.78. The van der Waals surface area contributed by atoms with E-state index < -0.39 is 10.0 Å². The van der Waals surface area contributed by atoms with Gasteiger partial charge in [0.15, 0.2) is 0 Å². The molecule has 1 heterocycles. The van der Waals surface area contributed by atoms with Gasteiger partial charge in [0.05, 0.1) is 5.69 Å². The van der Waals surface area contributed by atoms with Crippen molar-refractivity contribution in [2.75, 3.05) is 39.1 Å². The summed E-state index contributed by atoms with van der Waals surface area (Å²) in [5, 5.41) is 3.19. The first-order valence-corrected chi connectivity index (χ1v) is 8.35. The summed E-state index contributed by atoms with van der Waals surface area (Å²) in [4.78, 5) is 2.61. The van der Waals surface area contributed by atoms with Crippen LogP contribution < -0.4 is 10.2 Å². The molecule has 2 rings (SSSR count). The third-order valence-corrected chi connectivity index (χ3v) is 5.61. The second-order valence-corrected chi connectivity index (χ2v) is 7.42. The van der Waals surface area contributed by atoms with Crippen molar-refractivity contribution in [3.63, 3.8) is 0 Å². The summed E-state index contributed by atoms with van der Waals surface area (Å²) in [5.74, 6) is 0. The van der Waals surface area contributed by atoms with Crippen LogP contribution in [-0.4, -0.2) is 53.0 Å². The fourth-order valence-corrected chi connectivity index (χ4v) is 3.80. The minimum absolute atomic E-state index is 0.360. The summed E-state index contributed by atoms with van der Waals surface area (Å²) < 4.78 is 26.2. The van der Waals surface area contributed by atoms with Gasteiger partial charge in [0.25, 0.3) is 0 Å². The number of hydrogen-bond donors (Lipinski definition) is 1. The van der Waals surface area contributed by atoms with Crippen LogP contribution in [0.15, 0.2) is 29.2 Å². The van der Waals surface area contributed by atoms with Crippen LogP contribution in [0.1, 0.15) is 12.8 Å². The van der Waals surface area contributed by atoms with Crippen molar-refractivity contribution < 1.29 is 8.42 Å². The maximum Gasteiger partial charge on any atom is 0.244 e. The van der Waals surface area contributed by atoms with Gasteiger partial charge in [0.1, 0.15) is 4.90 Å². The molecule has 6 heteroatoms. The lowest BCUT2D eigenvalue weighted by molar-refractivity contribution is 0.520. The molecule has 112 valence electrons. The first kappa shape index (κ1) is 15.3. The van der Waals surface area contributed by atoms with E-state index in [9.17, 15) is 8.42 Å². The molecule has 1 aliphatic heterocycles. The normalized spacial score (nSPS) is 19.8. The van der Waals surface area contributed by atoms with Crippen molar-refractivity contribution in [2.24, 2.45) is 0 Å². The Morgan fingerprint density at radius 1 is 1.35 bits per heavy atom. The zero-order valence-electron chi connectivity index (χ0n) is 12.3. The first-order valence-electron chi connectivity index (χ1n) is 6.91. The summed E-state index contributed by atoms with van der Waals surface area (Å²) in [5.41, 5.74) is 0.818. The Hall–Kier alpha value is -1.11. The van der Waals surface area contributed by atoms with E-state index in [2.05, 4.69) is 10.2 Å². The third kappa shape index (κ3) is 2.82. The molecule has 1 fully saturated rings. The Bertz CT molecular complexity index is 557. The van der Waals surface area contributed by atoms with Gasteiger partial charge in [-0.25, -0.2) is 12.7 Å². The van der Waals surface area contributed by atoms with Crippen LogP contribution in [-0.2, 0) is 10.0 Å². The van der Waals surface area contributed by atoms with Gasteiger partial charge in [-0.15, -0.1) is 0 Å². The Morgan fingerprint density at radius 3 is 2.70 bits per heavy atom. The molecule has 1 saturated heterocycles. The minimum atomic E-state index is -3.41. The lowest BCUT2D eigenvalue weighted by Crippen LogP contribution is -2.38. The predicted molar refractivity (Wildman–Crippen MR) is 81.6 cm³/mol. The number of hydrogen-bond acceptors (Lipinski definition) is 4. The molecule has 0 amide bonds. The van der Waals surface area contributed by atoms with Crippen LogP contribution >= 0.6 is 0 Å². The molecule has 20 heavy (non-hydrogen) atoms. The molecule has 1 atom stereocenters. The zero-order chi connectivity index (χ0) is 14.8. The minimum Gasteiger partial charge on any atom is -0.366 e. The van der Waals surface area contributed by atoms with Crippen LogP contribution in [0, 0.1) is 0 Å². The van der Waals surface area contributed by atoms with Gasteiger partial charge < -0.3 is 10.2 Å². The number of rotatable bonds is 5. The van der Waals surface area contributed by atoms with E-state index in [1.807, 2.05) is 19.2 Å². The Labute approximate surface area is 121 Å². The largest absolute Gasteiger partial charge is 0.366 e. The number of nitrogens with one attached hydrogen (secondary N) is 1. The van der Waals surface area contributed by atoms with Crippen molar-refractivity contribution in [2.45, 2.75) is 23.8 Å². The fourth-order valence-electron chi connectivity index (χ4n) is 2.71. The molecule has 1 aromatic carbocycles. The van der Waals surface area contributed by atoms with E-state index in [-0.39, 0.29) is 0 Å². The van der Waals surface area contributed by atoms with Crippen molar-refractivity contribution in [3.05, 3.63) is 24.3 Å². The molecule has 0 aromatic heterocycles. The lowest BCUT2D eigenvalue weighted by Gasteiger charge is -2.29. The van der Waals surface area contributed by atoms with Crippen LogP contribution in [0.3, 0.4) is 0 Å². The Kier molecular flexibility index (Phi) is 4.67. The molecule has 1 unspecified atom stereocenters. The van der Waals surface area contributed by atoms with Crippen LogP contribution in [0.25, 0.3) is 0 Å². The lowest BCUT2D eigenvalue weighted by atomic mass is 10.2. The maximum atomic E-state index is 12.5. The maximum absolute atomic E-state index is 12.5. The summed E-state index contributed by atoms with van der Waals surface area (Å²) in [6.07, 6.45) is 2.19. The molecule has 1 aromatic rings. The number of nitrogens with zero attached hydrogens (tertiary/aromatic N) is 2. The second-order valence-electron chi connectivity index (χ2n) is 5.30. The number of para-hydroxylation sites is 1.